The van der Waals surface area contributed by atoms with Gasteiger partial charge in [0.15, 0.2) is 11.7 Å². The van der Waals surface area contributed by atoms with Gasteiger partial charge in [-0.05, 0) is 61.9 Å². The number of imide groups is 1. The summed E-state index contributed by atoms with van der Waals surface area (Å²) in [6.07, 6.45) is -6.27. The number of likely N-dealkylation sites (N-methyl/N-ethyl adjacent to an activating group) is 1. The van der Waals surface area contributed by atoms with Crippen LogP contribution in [0.25, 0.3) is 16.9 Å². The van der Waals surface area contributed by atoms with E-state index in [1.54, 1.807) is 66.7 Å². The third-order valence-electron chi connectivity index (χ3n) is 8.73. The van der Waals surface area contributed by atoms with Crippen molar-refractivity contribution in [2.45, 2.75) is 43.6 Å². The van der Waals surface area contributed by atoms with E-state index < -0.39 is 56.8 Å². The quantitative estimate of drug-likeness (QED) is 0.0727. The Morgan fingerprint density at radius 1 is 0.945 bits per heavy atom. The van der Waals surface area contributed by atoms with Crippen molar-refractivity contribution < 1.29 is 45.8 Å². The highest BCUT2D eigenvalue weighted by Crippen LogP contribution is 2.33. The third-order valence-corrected chi connectivity index (χ3v) is 10.1. The van der Waals surface area contributed by atoms with Crippen LogP contribution in [0.5, 0.6) is 0 Å². The molecule has 0 saturated heterocycles. The largest absolute Gasteiger partial charge is 0.569 e. The van der Waals surface area contributed by atoms with E-state index in [0.717, 1.165) is 45.4 Å². The average Bonchev–Trinajstić information content (AvgIpc) is 3.73. The molecule has 18 heteroatoms. The van der Waals surface area contributed by atoms with E-state index >= 15 is 0 Å². The van der Waals surface area contributed by atoms with Crippen molar-refractivity contribution in [2.24, 2.45) is 5.28 Å². The molecular formula is C37H32F3N7O7S. The first-order valence-corrected chi connectivity index (χ1v) is 18.0. The number of aromatic nitrogens is 2. The van der Waals surface area contributed by atoms with Gasteiger partial charge in [0.1, 0.15) is 0 Å². The number of hydrazine groups is 1. The van der Waals surface area contributed by atoms with E-state index in [-0.39, 0.29) is 33.9 Å². The minimum atomic E-state index is -4.75. The zero-order valence-corrected chi connectivity index (χ0v) is 30.2. The van der Waals surface area contributed by atoms with Crippen LogP contribution in [0.4, 0.5) is 13.2 Å². The van der Waals surface area contributed by atoms with Crippen LogP contribution in [0, 0.1) is 12.1 Å². The summed E-state index contributed by atoms with van der Waals surface area (Å²) in [5.74, 6) is -2.45. The van der Waals surface area contributed by atoms with Gasteiger partial charge in [-0.2, -0.15) is 18.3 Å². The van der Waals surface area contributed by atoms with Gasteiger partial charge in [0.25, 0.3) is 27.7 Å². The molecule has 0 aliphatic carbocycles. The fraction of sp³-hybridized carbons (Fsp3) is 0.189. The highest BCUT2D eigenvalue weighted by atomic mass is 32.2. The molecule has 4 aromatic carbocycles. The maximum absolute atomic E-state index is 13.7. The number of rotatable bonds is 12. The van der Waals surface area contributed by atoms with E-state index in [4.69, 9.17) is 4.84 Å². The van der Waals surface area contributed by atoms with Crippen molar-refractivity contribution in [1.82, 2.24) is 24.4 Å². The number of carbonyl (C=O) groups is 3. The second-order valence-electron chi connectivity index (χ2n) is 12.5. The number of nitrogens with zero attached hydrogens (tertiary/aromatic N) is 6. The van der Waals surface area contributed by atoms with E-state index in [9.17, 15) is 41.2 Å². The zero-order chi connectivity index (χ0) is 39.7. The molecule has 1 unspecified atom stereocenters. The smallest absolute Gasteiger partial charge is 0.435 e. The molecule has 0 fully saturated rings. The second-order valence-corrected chi connectivity index (χ2v) is 14.2. The number of hydrogen-bond donors (Lipinski definition) is 1. The van der Waals surface area contributed by atoms with Crippen LogP contribution >= 0.6 is 0 Å². The van der Waals surface area contributed by atoms with Crippen molar-refractivity contribution in [1.29, 1.82) is 0 Å². The molecule has 2 atom stereocenters. The first-order chi connectivity index (χ1) is 26.0. The minimum absolute atomic E-state index is 0.108. The Bertz CT molecular complexity index is 2350. The van der Waals surface area contributed by atoms with Crippen molar-refractivity contribution >= 4 is 27.7 Å². The molecule has 0 saturated carbocycles. The summed E-state index contributed by atoms with van der Waals surface area (Å²) >= 11 is 0. The molecule has 1 aliphatic heterocycles. The van der Waals surface area contributed by atoms with Gasteiger partial charge < -0.3 is 10.0 Å². The van der Waals surface area contributed by atoms with Crippen LogP contribution in [0.1, 0.15) is 44.5 Å². The summed E-state index contributed by atoms with van der Waals surface area (Å²) in [6.45, 7) is 3.14. The molecule has 1 aromatic heterocycles. The fourth-order valence-electron chi connectivity index (χ4n) is 5.77. The molecular weight excluding hydrogens is 744 g/mol. The van der Waals surface area contributed by atoms with Crippen molar-refractivity contribution in [2.75, 3.05) is 7.05 Å². The van der Waals surface area contributed by atoms with E-state index in [2.05, 4.69) is 10.4 Å². The van der Waals surface area contributed by atoms with Gasteiger partial charge in [-0.3, -0.25) is 14.4 Å². The Kier molecular flexibility index (Phi) is 10.4. The molecule has 0 bridgehead atoms. The molecule has 14 nitrogen and oxygen atoms in total. The summed E-state index contributed by atoms with van der Waals surface area (Å²) < 4.78 is 71.0. The number of alkyl halides is 3. The lowest BCUT2D eigenvalue weighted by Gasteiger charge is -2.24. The zero-order valence-electron chi connectivity index (χ0n) is 29.3. The second kappa shape index (κ2) is 15.1. The highest BCUT2D eigenvalue weighted by molar-refractivity contribution is 7.90. The number of amides is 3. The van der Waals surface area contributed by atoms with Gasteiger partial charge >= 0.3 is 6.18 Å². The SMILES string of the molecule is Cc1ccc(-c2cc(C(F)(F)F)nn2-c2ccc(S(=O)(=O)NC(=O)[C@H](Cc3ccccc3)N(C)/[N+]([O-])=N\OC(C)N3C(=O)c4ccccc4C3=O)cc2)cc1. The van der Waals surface area contributed by atoms with Crippen molar-refractivity contribution in [3.63, 3.8) is 0 Å². The summed E-state index contributed by atoms with van der Waals surface area (Å²) in [5, 5.41) is 21.1. The number of fused-ring (bicyclic) bond motifs is 1. The lowest BCUT2D eigenvalue weighted by atomic mass is 10.1. The number of nitrogens with one attached hydrogen (secondary N) is 1. The van der Waals surface area contributed by atoms with E-state index in [1.165, 1.54) is 31.2 Å². The first-order valence-electron chi connectivity index (χ1n) is 16.5. The predicted octanol–water partition coefficient (Wildman–Crippen LogP) is 5.67. The Labute approximate surface area is 312 Å². The molecule has 3 amide bonds. The molecule has 55 heavy (non-hydrogen) atoms. The van der Waals surface area contributed by atoms with Crippen molar-refractivity contribution in [3.05, 3.63) is 142 Å². The van der Waals surface area contributed by atoms with Crippen LogP contribution < -0.4 is 4.72 Å². The Hall–Kier alpha value is -6.56. The van der Waals surface area contributed by atoms with Crippen molar-refractivity contribution in [3.8, 4) is 16.9 Å². The van der Waals surface area contributed by atoms with Crippen LogP contribution in [-0.2, 0) is 32.3 Å². The fourth-order valence-corrected chi connectivity index (χ4v) is 6.79. The van der Waals surface area contributed by atoms with E-state index in [0.29, 0.717) is 11.1 Å². The molecule has 284 valence electrons. The summed E-state index contributed by atoms with van der Waals surface area (Å²) in [7, 11) is -3.46. The molecule has 1 aliphatic rings. The Morgan fingerprint density at radius 2 is 1.53 bits per heavy atom. The van der Waals surface area contributed by atoms with Gasteiger partial charge in [-0.15, -0.1) is 5.01 Å². The normalized spacial score (nSPS) is 14.4. The van der Waals surface area contributed by atoms with Gasteiger partial charge in [0, 0.05) is 12.0 Å². The molecule has 2 heterocycles. The number of hydrogen-bond acceptors (Lipinski definition) is 9. The maximum atomic E-state index is 13.7. The van der Waals surface area contributed by atoms with E-state index in [1.807, 2.05) is 11.6 Å². The first kappa shape index (κ1) is 38.2. The van der Waals surface area contributed by atoms with Crippen LogP contribution in [-0.4, -0.2) is 70.1 Å². The molecule has 0 spiro atoms. The Morgan fingerprint density at radius 3 is 2.11 bits per heavy atom. The van der Waals surface area contributed by atoms with Gasteiger partial charge in [0.2, 0.25) is 11.5 Å². The van der Waals surface area contributed by atoms with Crippen LogP contribution in [0.15, 0.2) is 119 Å². The van der Waals surface area contributed by atoms with Crippen LogP contribution in [0.2, 0.25) is 0 Å². The van der Waals surface area contributed by atoms with Gasteiger partial charge in [-0.25, -0.2) is 22.7 Å². The number of carbonyl (C=O) groups excluding carboxylic acids is 3. The minimum Gasteiger partial charge on any atom is -0.569 e. The van der Waals surface area contributed by atoms with Gasteiger partial charge in [0.05, 0.1) is 39.4 Å². The lowest BCUT2D eigenvalue weighted by molar-refractivity contribution is -0.711. The van der Waals surface area contributed by atoms with Crippen LogP contribution in [0.3, 0.4) is 0 Å². The lowest BCUT2D eigenvalue weighted by Crippen LogP contribution is -2.50. The molecule has 5 aromatic rings. The molecule has 1 N–H and O–H groups in total. The predicted molar refractivity (Wildman–Crippen MR) is 189 cm³/mol. The topological polar surface area (TPSA) is 169 Å². The van der Waals surface area contributed by atoms with Gasteiger partial charge in [-0.1, -0.05) is 72.3 Å². The summed E-state index contributed by atoms with van der Waals surface area (Å²) in [5.41, 5.74) is 1.25. The number of benzene rings is 4. The molecule has 0 radical (unpaired) electrons. The molecule has 6 rings (SSSR count). The summed E-state index contributed by atoms with van der Waals surface area (Å²) in [4.78, 5) is 44.7. The highest BCUT2D eigenvalue weighted by Gasteiger charge is 2.40. The summed E-state index contributed by atoms with van der Waals surface area (Å²) in [6, 6.07) is 25.3. The number of sulfonamides is 1. The number of halogens is 3. The standard InChI is InChI=1S/C37H32F3N7O7S/c1-23-13-15-26(16-14-23)31-22-33(37(38,39)40)41-46(31)27-17-19-28(20-18-27)55(52,53)42-34(48)32(21-25-9-5-4-6-10-25)44(3)47(51)43-54-24(2)45-35(49)29-11-7-8-12-30(29)36(45)50/h4-20,22,24,32H,21H2,1-3H3,(H,42,48)/b47-43+/t24?,32-/m0/s1. The average molecular weight is 776 g/mol. The third kappa shape index (κ3) is 8.03. The monoisotopic (exact) mass is 775 g/mol. The number of aryl methyl sites for hydroxylation is 1. The maximum Gasteiger partial charge on any atom is 0.435 e. The Balaban J connectivity index is 1.22.